The number of nitrogens with one attached hydrogen (secondary N) is 2. The molecule has 0 amide bonds. The first-order valence-electron chi connectivity index (χ1n) is 7.58. The Hall–Kier alpha value is -3.25. The first kappa shape index (κ1) is 14.3. The Bertz CT molecular complexity index is 1070. The van der Waals surface area contributed by atoms with Gasteiger partial charge in [-0.15, -0.1) is 0 Å². The van der Waals surface area contributed by atoms with E-state index in [1.54, 1.807) is 12.3 Å². The Morgan fingerprint density at radius 1 is 0.958 bits per heavy atom. The van der Waals surface area contributed by atoms with Crippen LogP contribution >= 0.6 is 0 Å². The molecule has 2 aromatic heterocycles. The standard InChI is InChI=1S/C18H15N5O/c19-9-16-14-8-12(6-7-13(14)18(24)23-21-16)17-15(10-20-22-17)11-4-2-1-3-5-11/h1-8,10H,9,19H2,(H,20,22)(H,23,24). The van der Waals surface area contributed by atoms with Crippen molar-refractivity contribution in [1.29, 1.82) is 0 Å². The molecule has 0 unspecified atom stereocenters. The predicted octanol–water partition coefficient (Wildman–Crippen LogP) is 2.44. The van der Waals surface area contributed by atoms with Gasteiger partial charge in [0.05, 0.1) is 23.0 Å². The molecular weight excluding hydrogens is 302 g/mol. The fourth-order valence-electron chi connectivity index (χ4n) is 2.87. The zero-order chi connectivity index (χ0) is 16.5. The Morgan fingerprint density at radius 2 is 1.79 bits per heavy atom. The van der Waals surface area contributed by atoms with Crippen LogP contribution in [0.15, 0.2) is 59.5 Å². The van der Waals surface area contributed by atoms with E-state index in [9.17, 15) is 4.79 Å². The minimum absolute atomic E-state index is 0.221. The van der Waals surface area contributed by atoms with Gasteiger partial charge in [-0.3, -0.25) is 9.89 Å². The lowest BCUT2D eigenvalue weighted by molar-refractivity contribution is 0.900. The number of nitrogens with zero attached hydrogens (tertiary/aromatic N) is 2. The first-order valence-corrected chi connectivity index (χ1v) is 7.58. The third-order valence-electron chi connectivity index (χ3n) is 4.07. The van der Waals surface area contributed by atoms with Gasteiger partial charge in [0.2, 0.25) is 0 Å². The maximum Gasteiger partial charge on any atom is 0.272 e. The van der Waals surface area contributed by atoms with E-state index < -0.39 is 0 Å². The molecule has 0 spiro atoms. The van der Waals surface area contributed by atoms with Gasteiger partial charge in [0.1, 0.15) is 0 Å². The van der Waals surface area contributed by atoms with Crippen molar-refractivity contribution in [3.05, 3.63) is 70.8 Å². The Balaban J connectivity index is 1.93. The van der Waals surface area contributed by atoms with Crippen molar-refractivity contribution in [2.24, 2.45) is 5.73 Å². The van der Waals surface area contributed by atoms with Crippen LogP contribution in [0.3, 0.4) is 0 Å². The molecule has 6 heteroatoms. The van der Waals surface area contributed by atoms with Gasteiger partial charge in [0.15, 0.2) is 0 Å². The van der Waals surface area contributed by atoms with Crippen LogP contribution in [0.1, 0.15) is 5.69 Å². The minimum atomic E-state index is -0.221. The second-order valence-corrected chi connectivity index (χ2v) is 5.49. The smallest absolute Gasteiger partial charge is 0.272 e. The van der Waals surface area contributed by atoms with E-state index in [-0.39, 0.29) is 12.1 Å². The molecule has 0 radical (unpaired) electrons. The van der Waals surface area contributed by atoms with Gasteiger partial charge >= 0.3 is 0 Å². The van der Waals surface area contributed by atoms with Gasteiger partial charge in [-0.1, -0.05) is 36.4 Å². The molecule has 0 saturated heterocycles. The van der Waals surface area contributed by atoms with Crippen LogP contribution < -0.4 is 11.3 Å². The fourth-order valence-corrected chi connectivity index (χ4v) is 2.87. The highest BCUT2D eigenvalue weighted by Gasteiger charge is 2.12. The van der Waals surface area contributed by atoms with Crippen LogP contribution in [0.25, 0.3) is 33.2 Å². The molecule has 118 valence electrons. The predicted molar refractivity (Wildman–Crippen MR) is 93.3 cm³/mol. The number of aromatic amines is 2. The SMILES string of the molecule is NCc1n[nH]c(=O)c2ccc(-c3[nH]ncc3-c3ccccc3)cc12. The third-order valence-corrected chi connectivity index (χ3v) is 4.07. The van der Waals surface area contributed by atoms with E-state index in [2.05, 4.69) is 20.4 Å². The van der Waals surface area contributed by atoms with Crippen molar-refractivity contribution in [2.75, 3.05) is 0 Å². The molecular formula is C18H15N5O. The molecule has 0 fully saturated rings. The largest absolute Gasteiger partial charge is 0.325 e. The maximum atomic E-state index is 12.0. The summed E-state index contributed by atoms with van der Waals surface area (Å²) in [4.78, 5) is 12.0. The van der Waals surface area contributed by atoms with Gasteiger partial charge in [-0.05, 0) is 17.7 Å². The molecule has 0 aliphatic carbocycles. The monoisotopic (exact) mass is 317 g/mol. The summed E-state index contributed by atoms with van der Waals surface area (Å²) in [5.74, 6) is 0. The average molecular weight is 317 g/mol. The van der Waals surface area contributed by atoms with Gasteiger partial charge in [0.25, 0.3) is 5.56 Å². The zero-order valence-electron chi connectivity index (χ0n) is 12.8. The summed E-state index contributed by atoms with van der Waals surface area (Å²) in [6.45, 7) is 0.255. The van der Waals surface area contributed by atoms with Crippen LogP contribution in [0.2, 0.25) is 0 Å². The lowest BCUT2D eigenvalue weighted by atomic mass is 9.99. The van der Waals surface area contributed by atoms with E-state index in [4.69, 9.17) is 5.73 Å². The summed E-state index contributed by atoms with van der Waals surface area (Å²) in [6.07, 6.45) is 1.80. The summed E-state index contributed by atoms with van der Waals surface area (Å²) >= 11 is 0. The number of fused-ring (bicyclic) bond motifs is 1. The van der Waals surface area contributed by atoms with Crippen LogP contribution in [0.4, 0.5) is 0 Å². The normalized spacial score (nSPS) is 11.0. The molecule has 0 aliphatic heterocycles. The van der Waals surface area contributed by atoms with Gasteiger partial charge in [-0.2, -0.15) is 10.2 Å². The molecule has 0 bridgehead atoms. The Morgan fingerprint density at radius 3 is 2.58 bits per heavy atom. The molecule has 4 N–H and O–H groups in total. The third kappa shape index (κ3) is 2.29. The summed E-state index contributed by atoms with van der Waals surface area (Å²) in [5.41, 5.74) is 10.1. The van der Waals surface area contributed by atoms with E-state index in [1.165, 1.54) is 0 Å². The molecule has 4 rings (SSSR count). The van der Waals surface area contributed by atoms with Crippen molar-refractivity contribution in [2.45, 2.75) is 6.54 Å². The van der Waals surface area contributed by atoms with Crippen molar-refractivity contribution in [3.63, 3.8) is 0 Å². The van der Waals surface area contributed by atoms with Crippen molar-refractivity contribution in [1.82, 2.24) is 20.4 Å². The summed E-state index contributed by atoms with van der Waals surface area (Å²) in [7, 11) is 0. The van der Waals surface area contributed by atoms with E-state index in [1.807, 2.05) is 42.5 Å². The number of H-pyrrole nitrogens is 2. The molecule has 0 saturated carbocycles. The lowest BCUT2D eigenvalue weighted by Gasteiger charge is -2.07. The summed E-state index contributed by atoms with van der Waals surface area (Å²) in [6, 6.07) is 15.6. The second kappa shape index (κ2) is 5.75. The van der Waals surface area contributed by atoms with Gasteiger partial charge < -0.3 is 5.73 Å². The second-order valence-electron chi connectivity index (χ2n) is 5.49. The molecule has 24 heavy (non-hydrogen) atoms. The number of aromatic nitrogens is 4. The molecule has 0 aliphatic rings. The van der Waals surface area contributed by atoms with Crippen molar-refractivity contribution < 1.29 is 0 Å². The van der Waals surface area contributed by atoms with Crippen LogP contribution in [0.5, 0.6) is 0 Å². The Kier molecular flexibility index (Phi) is 3.44. The average Bonchev–Trinajstić information content (AvgIpc) is 3.12. The highest BCUT2D eigenvalue weighted by atomic mass is 16.1. The molecule has 0 atom stereocenters. The van der Waals surface area contributed by atoms with Gasteiger partial charge in [-0.25, -0.2) is 5.10 Å². The molecule has 4 aromatic rings. The summed E-state index contributed by atoms with van der Waals surface area (Å²) in [5, 5.41) is 15.1. The number of hydrogen-bond acceptors (Lipinski definition) is 4. The molecule has 6 nitrogen and oxygen atoms in total. The van der Waals surface area contributed by atoms with E-state index in [0.29, 0.717) is 11.1 Å². The van der Waals surface area contributed by atoms with Gasteiger partial charge in [0, 0.05) is 23.1 Å². The minimum Gasteiger partial charge on any atom is -0.325 e. The van der Waals surface area contributed by atoms with Crippen molar-refractivity contribution in [3.8, 4) is 22.4 Å². The first-order chi connectivity index (χ1) is 11.8. The quantitative estimate of drug-likeness (QED) is 0.540. The fraction of sp³-hybridized carbons (Fsp3) is 0.0556. The Labute approximate surface area is 137 Å². The number of rotatable bonds is 3. The number of hydrogen-bond donors (Lipinski definition) is 3. The topological polar surface area (TPSA) is 100 Å². The lowest BCUT2D eigenvalue weighted by Crippen LogP contribution is -2.13. The molecule has 2 heterocycles. The highest BCUT2D eigenvalue weighted by molar-refractivity contribution is 5.90. The van der Waals surface area contributed by atoms with Crippen molar-refractivity contribution >= 4 is 10.8 Å². The van der Waals surface area contributed by atoms with Crippen LogP contribution in [-0.2, 0) is 6.54 Å². The van der Waals surface area contributed by atoms with Crippen LogP contribution in [-0.4, -0.2) is 20.4 Å². The number of nitrogens with two attached hydrogens (primary N) is 1. The molecule has 2 aromatic carbocycles. The van der Waals surface area contributed by atoms with E-state index >= 15 is 0 Å². The zero-order valence-corrected chi connectivity index (χ0v) is 12.8. The number of benzene rings is 2. The van der Waals surface area contributed by atoms with Crippen LogP contribution in [0, 0.1) is 0 Å². The van der Waals surface area contributed by atoms with E-state index in [0.717, 1.165) is 27.8 Å². The maximum absolute atomic E-state index is 12.0. The highest BCUT2D eigenvalue weighted by Crippen LogP contribution is 2.31. The summed E-state index contributed by atoms with van der Waals surface area (Å²) < 4.78 is 0.